The van der Waals surface area contributed by atoms with Crippen LogP contribution < -0.4 is 0 Å². The summed E-state index contributed by atoms with van der Waals surface area (Å²) in [6.07, 6.45) is 2.06. The summed E-state index contributed by atoms with van der Waals surface area (Å²) in [5.74, 6) is 9.11. The van der Waals surface area contributed by atoms with E-state index in [1.54, 1.807) is 0 Å². The SMILES string of the molecule is CCCc1ccc(C#Cc2cc(F)c(C#Cc3ccc(F)cc3)cc2F)cc1. The average Bonchev–Trinajstić information content (AvgIpc) is 2.70. The minimum absolute atomic E-state index is 0.0255. The van der Waals surface area contributed by atoms with E-state index in [9.17, 15) is 13.2 Å². The summed E-state index contributed by atoms with van der Waals surface area (Å²) in [6.45, 7) is 2.11. The molecule has 0 unspecified atom stereocenters. The normalized spacial score (nSPS) is 9.86. The standard InChI is InChI=1S/C25H17F3/c1-2-3-18-4-6-19(7-5-18)8-12-21-16-25(28)22(17-24(21)27)13-9-20-10-14-23(26)15-11-20/h4-7,10-11,14-17H,2-3H2,1H3. The lowest BCUT2D eigenvalue weighted by Gasteiger charge is -1.99. The second kappa shape index (κ2) is 8.98. The lowest BCUT2D eigenvalue weighted by Crippen LogP contribution is -1.92. The van der Waals surface area contributed by atoms with Gasteiger partial charge in [0.1, 0.15) is 17.5 Å². The van der Waals surface area contributed by atoms with Gasteiger partial charge in [-0.25, -0.2) is 13.2 Å². The maximum atomic E-state index is 14.3. The van der Waals surface area contributed by atoms with Crippen LogP contribution in [0.3, 0.4) is 0 Å². The number of halogens is 3. The van der Waals surface area contributed by atoms with Gasteiger partial charge in [-0.2, -0.15) is 0 Å². The highest BCUT2D eigenvalue weighted by Crippen LogP contribution is 2.14. The molecule has 0 aliphatic carbocycles. The fourth-order valence-corrected chi connectivity index (χ4v) is 2.59. The molecule has 0 bridgehead atoms. The molecule has 0 N–H and O–H groups in total. The van der Waals surface area contributed by atoms with Crippen molar-refractivity contribution in [3.63, 3.8) is 0 Å². The minimum atomic E-state index is -0.654. The maximum absolute atomic E-state index is 14.3. The highest BCUT2D eigenvalue weighted by Gasteiger charge is 2.07. The molecule has 138 valence electrons. The van der Waals surface area contributed by atoms with Gasteiger partial charge in [0.15, 0.2) is 0 Å². The van der Waals surface area contributed by atoms with Crippen molar-refractivity contribution >= 4 is 0 Å². The van der Waals surface area contributed by atoms with Crippen LogP contribution in [0, 0.1) is 41.1 Å². The predicted molar refractivity (Wildman–Crippen MR) is 105 cm³/mol. The second-order valence-electron chi connectivity index (χ2n) is 6.27. The van der Waals surface area contributed by atoms with Crippen LogP contribution in [0.2, 0.25) is 0 Å². The van der Waals surface area contributed by atoms with Gasteiger partial charge in [0.05, 0.1) is 11.1 Å². The fraction of sp³-hybridized carbons (Fsp3) is 0.120. The van der Waals surface area contributed by atoms with Gasteiger partial charge < -0.3 is 0 Å². The van der Waals surface area contributed by atoms with Crippen LogP contribution in [-0.4, -0.2) is 0 Å². The van der Waals surface area contributed by atoms with Crippen molar-refractivity contribution in [3.8, 4) is 23.7 Å². The first-order valence-corrected chi connectivity index (χ1v) is 8.93. The van der Waals surface area contributed by atoms with Gasteiger partial charge in [0.25, 0.3) is 0 Å². The lowest BCUT2D eigenvalue weighted by atomic mass is 10.1. The topological polar surface area (TPSA) is 0 Å². The Labute approximate surface area is 163 Å². The minimum Gasteiger partial charge on any atom is -0.207 e. The Kier molecular flexibility index (Phi) is 6.20. The molecule has 3 rings (SSSR count). The van der Waals surface area contributed by atoms with E-state index < -0.39 is 11.6 Å². The number of aryl methyl sites for hydroxylation is 1. The molecule has 3 aromatic carbocycles. The third kappa shape index (κ3) is 5.06. The molecule has 0 aliphatic rings. The van der Waals surface area contributed by atoms with Crippen molar-refractivity contribution in [2.24, 2.45) is 0 Å². The van der Waals surface area contributed by atoms with E-state index in [1.807, 2.05) is 24.3 Å². The third-order valence-electron chi connectivity index (χ3n) is 4.08. The first-order valence-electron chi connectivity index (χ1n) is 8.93. The molecule has 0 aromatic heterocycles. The third-order valence-corrected chi connectivity index (χ3v) is 4.08. The van der Waals surface area contributed by atoms with Gasteiger partial charge in [0.2, 0.25) is 0 Å². The highest BCUT2D eigenvalue weighted by molar-refractivity contribution is 5.49. The molecule has 3 aromatic rings. The molecule has 3 heteroatoms. The number of hydrogen-bond acceptors (Lipinski definition) is 0. The molecule has 0 saturated heterocycles. The summed E-state index contributed by atoms with van der Waals surface area (Å²) >= 11 is 0. The van der Waals surface area contributed by atoms with Gasteiger partial charge in [-0.15, -0.1) is 0 Å². The number of rotatable bonds is 2. The van der Waals surface area contributed by atoms with Gasteiger partial charge in [-0.05, 0) is 60.5 Å². The summed E-state index contributed by atoms with van der Waals surface area (Å²) in [5.41, 5.74) is 2.37. The smallest absolute Gasteiger partial charge is 0.140 e. The Morgan fingerprint density at radius 1 is 0.643 bits per heavy atom. The van der Waals surface area contributed by atoms with E-state index in [2.05, 4.69) is 30.6 Å². The van der Waals surface area contributed by atoms with Gasteiger partial charge >= 0.3 is 0 Å². The molecular weight excluding hydrogens is 357 g/mol. The van der Waals surface area contributed by atoms with Crippen molar-refractivity contribution in [2.45, 2.75) is 19.8 Å². The zero-order valence-corrected chi connectivity index (χ0v) is 15.3. The van der Waals surface area contributed by atoms with E-state index in [0.29, 0.717) is 5.56 Å². The Morgan fingerprint density at radius 3 is 1.57 bits per heavy atom. The van der Waals surface area contributed by atoms with E-state index in [4.69, 9.17) is 0 Å². The quantitative estimate of drug-likeness (QED) is 0.493. The van der Waals surface area contributed by atoms with Crippen LogP contribution >= 0.6 is 0 Å². The van der Waals surface area contributed by atoms with E-state index >= 15 is 0 Å². The molecule has 0 radical (unpaired) electrons. The number of hydrogen-bond donors (Lipinski definition) is 0. The molecular formula is C25H17F3. The monoisotopic (exact) mass is 374 g/mol. The molecule has 0 saturated carbocycles. The van der Waals surface area contributed by atoms with E-state index in [1.165, 1.54) is 29.8 Å². The van der Waals surface area contributed by atoms with Crippen molar-refractivity contribution in [3.05, 3.63) is 106 Å². The van der Waals surface area contributed by atoms with Crippen molar-refractivity contribution in [2.75, 3.05) is 0 Å². The molecule has 0 fully saturated rings. The largest absolute Gasteiger partial charge is 0.207 e. The molecule has 28 heavy (non-hydrogen) atoms. The Balaban J connectivity index is 1.82. The molecule has 0 atom stereocenters. The zero-order chi connectivity index (χ0) is 19.9. The van der Waals surface area contributed by atoms with E-state index in [0.717, 1.165) is 30.5 Å². The fourth-order valence-electron chi connectivity index (χ4n) is 2.59. The summed E-state index contributed by atoms with van der Waals surface area (Å²) in [7, 11) is 0. The second-order valence-corrected chi connectivity index (χ2v) is 6.27. The van der Waals surface area contributed by atoms with Crippen LogP contribution in [0.25, 0.3) is 0 Å². The molecule has 0 aliphatic heterocycles. The first kappa shape index (κ1) is 19.3. The summed E-state index contributed by atoms with van der Waals surface area (Å²) < 4.78 is 41.4. The van der Waals surface area contributed by atoms with Crippen LogP contribution in [-0.2, 0) is 6.42 Å². The van der Waals surface area contributed by atoms with Crippen molar-refractivity contribution < 1.29 is 13.2 Å². The zero-order valence-electron chi connectivity index (χ0n) is 15.3. The first-order chi connectivity index (χ1) is 13.5. The Morgan fingerprint density at radius 2 is 1.11 bits per heavy atom. The molecule has 0 nitrogen and oxygen atoms in total. The average molecular weight is 374 g/mol. The summed E-state index contributed by atoms with van der Waals surface area (Å²) in [4.78, 5) is 0. The van der Waals surface area contributed by atoms with Crippen molar-refractivity contribution in [1.29, 1.82) is 0 Å². The Hall–Kier alpha value is -3.43. The van der Waals surface area contributed by atoms with Crippen LogP contribution in [0.4, 0.5) is 13.2 Å². The number of benzene rings is 3. The van der Waals surface area contributed by atoms with Crippen molar-refractivity contribution in [1.82, 2.24) is 0 Å². The van der Waals surface area contributed by atoms with Gasteiger partial charge in [-0.3, -0.25) is 0 Å². The van der Waals surface area contributed by atoms with Crippen LogP contribution in [0.15, 0.2) is 60.7 Å². The van der Waals surface area contributed by atoms with Crippen LogP contribution in [0.1, 0.15) is 41.2 Å². The van der Waals surface area contributed by atoms with E-state index in [-0.39, 0.29) is 16.9 Å². The highest BCUT2D eigenvalue weighted by atomic mass is 19.1. The molecule has 0 amide bonds. The summed E-state index contributed by atoms with van der Waals surface area (Å²) in [6, 6.07) is 15.2. The molecule has 0 heterocycles. The molecule has 0 spiro atoms. The lowest BCUT2D eigenvalue weighted by molar-refractivity contribution is 0.594. The van der Waals surface area contributed by atoms with Gasteiger partial charge in [-0.1, -0.05) is 49.2 Å². The maximum Gasteiger partial charge on any atom is 0.140 e. The van der Waals surface area contributed by atoms with Gasteiger partial charge in [0, 0.05) is 11.1 Å². The summed E-state index contributed by atoms with van der Waals surface area (Å²) in [5, 5.41) is 0. The van der Waals surface area contributed by atoms with Crippen LogP contribution in [0.5, 0.6) is 0 Å². The predicted octanol–water partition coefficient (Wildman–Crippen LogP) is 5.86. The Bertz CT molecular complexity index is 1090.